The van der Waals surface area contributed by atoms with Crippen LogP contribution >= 0.6 is 0 Å². The largest absolute Gasteiger partial charge is 0.355 e. The Balaban J connectivity index is 2.92. The highest BCUT2D eigenvalue weighted by Crippen LogP contribution is 2.33. The van der Waals surface area contributed by atoms with E-state index in [1.165, 1.54) is 6.92 Å². The molecule has 1 aliphatic heterocycles. The molecule has 0 saturated carbocycles. The van der Waals surface area contributed by atoms with Gasteiger partial charge in [0.05, 0.1) is 11.2 Å². The Morgan fingerprint density at radius 1 is 1.69 bits per heavy atom. The fraction of sp³-hybridized carbons (Fsp3) is 0.857. The second-order valence-corrected chi connectivity index (χ2v) is 5.08. The van der Waals surface area contributed by atoms with Gasteiger partial charge in [-0.1, -0.05) is 6.92 Å². The van der Waals surface area contributed by atoms with Crippen LogP contribution in [-0.2, 0) is 15.0 Å². The van der Waals surface area contributed by atoms with Gasteiger partial charge in [-0.25, -0.2) is 0 Å². The minimum absolute atomic E-state index is 0.162. The number of nitrogens with one attached hydrogen (secondary N) is 1. The van der Waals surface area contributed by atoms with Crippen LogP contribution in [-0.4, -0.2) is 26.6 Å². The molecule has 2 atom stereocenters. The molecule has 0 aromatic heterocycles. The maximum Gasteiger partial charge on any atom is 0.303 e. The third kappa shape index (κ3) is 1.99. The van der Waals surface area contributed by atoms with Crippen molar-refractivity contribution in [3.05, 3.63) is 0 Å². The summed E-state index contributed by atoms with van der Waals surface area (Å²) in [4.78, 5) is 11.2. The van der Waals surface area contributed by atoms with Gasteiger partial charge in [0.15, 0.2) is 0 Å². The van der Waals surface area contributed by atoms with Crippen molar-refractivity contribution < 1.29 is 17.1 Å². The summed E-state index contributed by atoms with van der Waals surface area (Å²) in [7, 11) is -4.59. The molecule has 1 aliphatic rings. The van der Waals surface area contributed by atoms with Crippen molar-refractivity contribution in [1.82, 2.24) is 5.32 Å². The van der Waals surface area contributed by atoms with E-state index in [2.05, 4.69) is 5.32 Å². The molecule has 0 radical (unpaired) electrons. The number of halogens is 1. The molecule has 13 heavy (non-hydrogen) atoms. The highest BCUT2D eigenvalue weighted by atomic mass is 32.3. The first kappa shape index (κ1) is 10.4. The summed E-state index contributed by atoms with van der Waals surface area (Å²) >= 11 is 0. The smallest absolute Gasteiger partial charge is 0.303 e. The van der Waals surface area contributed by atoms with Gasteiger partial charge in [0.25, 0.3) is 0 Å². The molecule has 4 nitrogen and oxygen atoms in total. The molecular weight excluding hydrogens is 197 g/mol. The first-order chi connectivity index (χ1) is 5.76. The second kappa shape index (κ2) is 2.94. The fourth-order valence-electron chi connectivity index (χ4n) is 1.46. The number of rotatable bonds is 2. The number of hydrogen-bond acceptors (Lipinski definition) is 3. The molecule has 1 heterocycles. The minimum atomic E-state index is -4.59. The van der Waals surface area contributed by atoms with Crippen molar-refractivity contribution in [3.8, 4) is 0 Å². The zero-order chi connectivity index (χ0) is 10.3. The van der Waals surface area contributed by atoms with Gasteiger partial charge in [0, 0.05) is 6.54 Å². The summed E-state index contributed by atoms with van der Waals surface area (Å²) in [5, 5.41) is 2.51. The van der Waals surface area contributed by atoms with Crippen molar-refractivity contribution in [3.63, 3.8) is 0 Å². The molecule has 0 bridgehead atoms. The van der Waals surface area contributed by atoms with Crippen molar-refractivity contribution in [2.24, 2.45) is 11.3 Å². The van der Waals surface area contributed by atoms with Crippen molar-refractivity contribution in [2.45, 2.75) is 13.8 Å². The SMILES string of the molecule is C[C@@H]1CNC(=O)[C@]1(C)CS(=O)(=O)F. The molecule has 1 rings (SSSR count). The quantitative estimate of drug-likeness (QED) is 0.654. The molecule has 76 valence electrons. The van der Waals surface area contributed by atoms with Crippen LogP contribution in [0.15, 0.2) is 0 Å². The number of carbonyl (C=O) groups excluding carboxylic acids is 1. The van der Waals surface area contributed by atoms with E-state index in [9.17, 15) is 17.1 Å². The Morgan fingerprint density at radius 3 is 2.54 bits per heavy atom. The number of amides is 1. The van der Waals surface area contributed by atoms with Crippen LogP contribution < -0.4 is 5.32 Å². The Labute approximate surface area is 76.7 Å². The lowest BCUT2D eigenvalue weighted by Crippen LogP contribution is -2.37. The average molecular weight is 209 g/mol. The lowest BCUT2D eigenvalue weighted by Gasteiger charge is -2.22. The van der Waals surface area contributed by atoms with Crippen LogP contribution in [0.25, 0.3) is 0 Å². The molecule has 6 heteroatoms. The maximum atomic E-state index is 12.4. The zero-order valence-corrected chi connectivity index (χ0v) is 8.32. The third-order valence-corrected chi connectivity index (χ3v) is 3.59. The zero-order valence-electron chi connectivity index (χ0n) is 7.50. The molecule has 1 amide bonds. The predicted molar refractivity (Wildman–Crippen MR) is 45.2 cm³/mol. The van der Waals surface area contributed by atoms with Gasteiger partial charge < -0.3 is 5.32 Å². The Kier molecular flexibility index (Phi) is 2.36. The topological polar surface area (TPSA) is 63.2 Å². The van der Waals surface area contributed by atoms with Crippen LogP contribution in [0, 0.1) is 11.3 Å². The maximum absolute atomic E-state index is 12.4. The summed E-state index contributed by atoms with van der Waals surface area (Å²) < 4.78 is 33.3. The minimum Gasteiger partial charge on any atom is -0.355 e. The summed E-state index contributed by atoms with van der Waals surface area (Å²) in [6, 6.07) is 0. The first-order valence-electron chi connectivity index (χ1n) is 3.96. The van der Waals surface area contributed by atoms with Crippen LogP contribution in [0.5, 0.6) is 0 Å². The van der Waals surface area contributed by atoms with Gasteiger partial charge in [-0.2, -0.15) is 8.42 Å². The lowest BCUT2D eigenvalue weighted by atomic mass is 9.82. The van der Waals surface area contributed by atoms with E-state index in [0.717, 1.165) is 0 Å². The van der Waals surface area contributed by atoms with Gasteiger partial charge in [-0.15, -0.1) is 3.89 Å². The van der Waals surface area contributed by atoms with Gasteiger partial charge in [-0.05, 0) is 12.8 Å². The summed E-state index contributed by atoms with van der Waals surface area (Å²) in [5.41, 5.74) is -1.12. The van der Waals surface area contributed by atoms with Gasteiger partial charge in [0.2, 0.25) is 5.91 Å². The van der Waals surface area contributed by atoms with Crippen molar-refractivity contribution in [2.75, 3.05) is 12.3 Å². The molecule has 1 fully saturated rings. The summed E-state index contributed by atoms with van der Waals surface area (Å²) in [5.74, 6) is -1.28. The lowest BCUT2D eigenvalue weighted by molar-refractivity contribution is -0.126. The molecule has 0 aromatic rings. The Bertz CT molecular complexity index is 327. The number of hydrogen-bond donors (Lipinski definition) is 1. The Hall–Kier alpha value is -0.650. The molecule has 0 aromatic carbocycles. The predicted octanol–water partition coefficient (Wildman–Crippen LogP) is 0.0579. The van der Waals surface area contributed by atoms with E-state index in [1.807, 2.05) is 0 Å². The van der Waals surface area contributed by atoms with Crippen LogP contribution in [0.1, 0.15) is 13.8 Å². The standard InChI is InChI=1S/C7H12FNO3S/c1-5-3-9-6(10)7(5,2)4-13(8,11)12/h5H,3-4H2,1-2H3,(H,9,10)/t5-,7-/m1/s1. The molecule has 0 aliphatic carbocycles. The fourth-order valence-corrected chi connectivity index (χ4v) is 2.59. The molecule has 1 saturated heterocycles. The molecule has 0 unspecified atom stereocenters. The normalized spacial score (nSPS) is 34.7. The van der Waals surface area contributed by atoms with E-state index in [0.29, 0.717) is 6.54 Å². The van der Waals surface area contributed by atoms with Crippen molar-refractivity contribution in [1.29, 1.82) is 0 Å². The van der Waals surface area contributed by atoms with E-state index >= 15 is 0 Å². The second-order valence-electron chi connectivity index (χ2n) is 3.71. The highest BCUT2D eigenvalue weighted by molar-refractivity contribution is 7.86. The molecule has 0 spiro atoms. The van der Waals surface area contributed by atoms with Crippen molar-refractivity contribution >= 4 is 16.1 Å². The van der Waals surface area contributed by atoms with Gasteiger partial charge in [0.1, 0.15) is 0 Å². The van der Waals surface area contributed by atoms with Crippen LogP contribution in [0.4, 0.5) is 3.89 Å². The molecular formula is C7H12FNO3S. The summed E-state index contributed by atoms with van der Waals surface area (Å²) in [6.07, 6.45) is 0. The monoisotopic (exact) mass is 209 g/mol. The van der Waals surface area contributed by atoms with Crippen LogP contribution in [0.3, 0.4) is 0 Å². The highest BCUT2D eigenvalue weighted by Gasteiger charge is 2.47. The van der Waals surface area contributed by atoms with Crippen LogP contribution in [0.2, 0.25) is 0 Å². The van der Waals surface area contributed by atoms with E-state index in [4.69, 9.17) is 0 Å². The van der Waals surface area contributed by atoms with E-state index < -0.39 is 21.4 Å². The third-order valence-electron chi connectivity index (χ3n) is 2.65. The number of carbonyl (C=O) groups is 1. The Morgan fingerprint density at radius 2 is 2.23 bits per heavy atom. The first-order valence-corrected chi connectivity index (χ1v) is 5.51. The average Bonchev–Trinajstić information content (AvgIpc) is 2.14. The van der Waals surface area contributed by atoms with Gasteiger partial charge in [-0.3, -0.25) is 4.79 Å². The van der Waals surface area contributed by atoms with E-state index in [1.54, 1.807) is 6.92 Å². The van der Waals surface area contributed by atoms with E-state index in [-0.39, 0.29) is 11.8 Å². The summed E-state index contributed by atoms with van der Waals surface area (Å²) in [6.45, 7) is 3.60. The molecule has 1 N–H and O–H groups in total. The van der Waals surface area contributed by atoms with Gasteiger partial charge >= 0.3 is 10.2 Å².